The van der Waals surface area contributed by atoms with Crippen molar-refractivity contribution in [2.75, 3.05) is 10.6 Å². The van der Waals surface area contributed by atoms with Gasteiger partial charge in [-0.25, -0.2) is 0 Å². The van der Waals surface area contributed by atoms with Gasteiger partial charge in [0.1, 0.15) is 0 Å². The molecule has 1 atom stereocenters. The normalized spacial score (nSPS) is 12.3. The Hall–Kier alpha value is -0.830. The number of hydrogen-bond donors (Lipinski definition) is 1. The average molecular weight is 270 g/mol. The number of aryl methyl sites for hydroxylation is 2. The fourth-order valence-corrected chi connectivity index (χ4v) is 1.45. The fourth-order valence-electron chi connectivity index (χ4n) is 1.15. The maximum absolute atomic E-state index is 11.6. The van der Waals surface area contributed by atoms with Crippen LogP contribution < -0.4 is 5.32 Å². The van der Waals surface area contributed by atoms with Crippen LogP contribution in [0, 0.1) is 19.8 Å². The summed E-state index contributed by atoms with van der Waals surface area (Å²) in [6, 6.07) is 5.94. The first-order valence-electron chi connectivity index (χ1n) is 4.98. The van der Waals surface area contributed by atoms with Gasteiger partial charge in [-0.3, -0.25) is 4.79 Å². The molecule has 0 saturated heterocycles. The number of hydrogen-bond acceptors (Lipinski definition) is 1. The summed E-state index contributed by atoms with van der Waals surface area (Å²) in [4.78, 5) is 11.6. The Kier molecular flexibility index (Phi) is 4.33. The molecule has 1 aromatic carbocycles. The van der Waals surface area contributed by atoms with Crippen LogP contribution in [-0.4, -0.2) is 11.2 Å². The lowest BCUT2D eigenvalue weighted by Gasteiger charge is -2.10. The van der Waals surface area contributed by atoms with E-state index in [9.17, 15) is 4.79 Å². The van der Waals surface area contributed by atoms with Crippen LogP contribution in [0.15, 0.2) is 18.2 Å². The van der Waals surface area contributed by atoms with Crippen LogP contribution in [0.2, 0.25) is 0 Å². The van der Waals surface area contributed by atoms with Crippen molar-refractivity contribution in [3.05, 3.63) is 29.3 Å². The highest BCUT2D eigenvalue weighted by Gasteiger charge is 2.11. The molecule has 0 spiro atoms. The Balaban J connectivity index is 2.73. The van der Waals surface area contributed by atoms with Gasteiger partial charge in [0, 0.05) is 16.9 Å². The monoisotopic (exact) mass is 269 g/mol. The van der Waals surface area contributed by atoms with Crippen molar-refractivity contribution in [2.45, 2.75) is 20.8 Å². The van der Waals surface area contributed by atoms with E-state index in [0.717, 1.165) is 5.69 Å². The molecule has 0 bridgehead atoms. The molecule has 1 rings (SSSR count). The van der Waals surface area contributed by atoms with Crippen LogP contribution in [-0.2, 0) is 4.79 Å². The van der Waals surface area contributed by atoms with Crippen molar-refractivity contribution >= 4 is 27.5 Å². The van der Waals surface area contributed by atoms with E-state index in [4.69, 9.17) is 0 Å². The molecular formula is C12H16BrNO. The summed E-state index contributed by atoms with van der Waals surface area (Å²) in [5, 5.41) is 3.58. The molecule has 0 aliphatic rings. The van der Waals surface area contributed by atoms with Crippen molar-refractivity contribution < 1.29 is 4.79 Å². The number of carbonyl (C=O) groups is 1. The predicted molar refractivity (Wildman–Crippen MR) is 67.5 cm³/mol. The second-order valence-electron chi connectivity index (χ2n) is 3.84. The van der Waals surface area contributed by atoms with E-state index in [1.807, 2.05) is 32.0 Å². The molecule has 1 amide bonds. The molecule has 0 saturated carbocycles. The number of anilines is 1. The Morgan fingerprint density at radius 3 is 2.60 bits per heavy atom. The highest BCUT2D eigenvalue weighted by Crippen LogP contribution is 2.15. The van der Waals surface area contributed by atoms with Gasteiger partial charge in [-0.1, -0.05) is 28.9 Å². The lowest BCUT2D eigenvalue weighted by atomic mass is 10.1. The number of amides is 1. The van der Waals surface area contributed by atoms with Gasteiger partial charge in [-0.05, 0) is 37.1 Å². The minimum atomic E-state index is -0.00777. The zero-order valence-electron chi connectivity index (χ0n) is 9.30. The standard InChI is InChI=1S/C12H16BrNO/c1-8-4-5-11(6-9(8)2)14-12(15)10(3)7-13/h4-6,10H,7H2,1-3H3,(H,14,15). The molecule has 0 aliphatic heterocycles. The molecule has 0 fully saturated rings. The topological polar surface area (TPSA) is 29.1 Å². The summed E-state index contributed by atoms with van der Waals surface area (Å²) in [6.45, 7) is 5.99. The van der Waals surface area contributed by atoms with Crippen molar-refractivity contribution in [1.82, 2.24) is 0 Å². The van der Waals surface area contributed by atoms with Crippen LogP contribution in [0.25, 0.3) is 0 Å². The number of benzene rings is 1. The summed E-state index contributed by atoms with van der Waals surface area (Å²) in [5.41, 5.74) is 3.30. The van der Waals surface area contributed by atoms with E-state index in [1.165, 1.54) is 11.1 Å². The third-order valence-electron chi connectivity index (χ3n) is 2.45. The van der Waals surface area contributed by atoms with E-state index in [-0.39, 0.29) is 11.8 Å². The molecule has 0 aromatic heterocycles. The largest absolute Gasteiger partial charge is 0.326 e. The summed E-state index contributed by atoms with van der Waals surface area (Å²) >= 11 is 3.29. The van der Waals surface area contributed by atoms with Gasteiger partial charge in [0.2, 0.25) is 5.91 Å². The summed E-state index contributed by atoms with van der Waals surface area (Å²) in [5.74, 6) is 0.0433. The van der Waals surface area contributed by atoms with Gasteiger partial charge in [-0.2, -0.15) is 0 Å². The molecule has 0 heterocycles. The van der Waals surface area contributed by atoms with E-state index < -0.39 is 0 Å². The third-order valence-corrected chi connectivity index (χ3v) is 3.42. The van der Waals surface area contributed by atoms with E-state index in [2.05, 4.69) is 28.2 Å². The summed E-state index contributed by atoms with van der Waals surface area (Å²) in [7, 11) is 0. The van der Waals surface area contributed by atoms with Crippen LogP contribution in [0.4, 0.5) is 5.69 Å². The maximum Gasteiger partial charge on any atom is 0.228 e. The van der Waals surface area contributed by atoms with E-state index >= 15 is 0 Å². The molecule has 3 heteroatoms. The van der Waals surface area contributed by atoms with E-state index in [0.29, 0.717) is 5.33 Å². The van der Waals surface area contributed by atoms with Crippen molar-refractivity contribution in [3.63, 3.8) is 0 Å². The Labute approximate surface area is 99.2 Å². The zero-order chi connectivity index (χ0) is 11.4. The van der Waals surface area contributed by atoms with Crippen molar-refractivity contribution in [1.29, 1.82) is 0 Å². The maximum atomic E-state index is 11.6. The van der Waals surface area contributed by atoms with Crippen molar-refractivity contribution in [2.24, 2.45) is 5.92 Å². The number of nitrogens with one attached hydrogen (secondary N) is 1. The molecule has 0 radical (unpaired) electrons. The molecule has 1 unspecified atom stereocenters. The van der Waals surface area contributed by atoms with Gasteiger partial charge in [0.25, 0.3) is 0 Å². The Morgan fingerprint density at radius 2 is 2.07 bits per heavy atom. The molecule has 1 N–H and O–H groups in total. The molecule has 15 heavy (non-hydrogen) atoms. The molecular weight excluding hydrogens is 254 g/mol. The third kappa shape index (κ3) is 3.34. The summed E-state index contributed by atoms with van der Waals surface area (Å²) < 4.78 is 0. The number of carbonyl (C=O) groups excluding carboxylic acids is 1. The smallest absolute Gasteiger partial charge is 0.228 e. The SMILES string of the molecule is Cc1ccc(NC(=O)C(C)CBr)cc1C. The Bertz CT molecular complexity index is 363. The second-order valence-corrected chi connectivity index (χ2v) is 4.49. The average Bonchev–Trinajstić information content (AvgIpc) is 2.22. The lowest BCUT2D eigenvalue weighted by Crippen LogP contribution is -2.21. The predicted octanol–water partition coefficient (Wildman–Crippen LogP) is 3.27. The first-order chi connectivity index (χ1) is 7.04. The van der Waals surface area contributed by atoms with E-state index in [1.54, 1.807) is 0 Å². The van der Waals surface area contributed by atoms with Crippen LogP contribution in [0.3, 0.4) is 0 Å². The first kappa shape index (κ1) is 12.2. The quantitative estimate of drug-likeness (QED) is 0.839. The highest BCUT2D eigenvalue weighted by molar-refractivity contribution is 9.09. The van der Waals surface area contributed by atoms with Crippen LogP contribution in [0.5, 0.6) is 0 Å². The van der Waals surface area contributed by atoms with Crippen molar-refractivity contribution in [3.8, 4) is 0 Å². The van der Waals surface area contributed by atoms with Crippen LogP contribution >= 0.6 is 15.9 Å². The minimum absolute atomic E-state index is 0.00777. The second kappa shape index (κ2) is 5.31. The van der Waals surface area contributed by atoms with Gasteiger partial charge in [-0.15, -0.1) is 0 Å². The van der Waals surface area contributed by atoms with Gasteiger partial charge in [0.05, 0.1) is 0 Å². The zero-order valence-corrected chi connectivity index (χ0v) is 10.9. The Morgan fingerprint density at radius 1 is 1.40 bits per heavy atom. The van der Waals surface area contributed by atoms with Gasteiger partial charge in [0.15, 0.2) is 0 Å². The number of alkyl halides is 1. The number of halogens is 1. The van der Waals surface area contributed by atoms with Crippen LogP contribution in [0.1, 0.15) is 18.1 Å². The molecule has 0 aliphatic carbocycles. The molecule has 1 aromatic rings. The van der Waals surface area contributed by atoms with Gasteiger partial charge >= 0.3 is 0 Å². The highest BCUT2D eigenvalue weighted by atomic mass is 79.9. The fraction of sp³-hybridized carbons (Fsp3) is 0.417. The first-order valence-corrected chi connectivity index (χ1v) is 6.11. The lowest BCUT2D eigenvalue weighted by molar-refractivity contribution is -0.118. The van der Waals surface area contributed by atoms with Gasteiger partial charge < -0.3 is 5.32 Å². The molecule has 2 nitrogen and oxygen atoms in total. The summed E-state index contributed by atoms with van der Waals surface area (Å²) in [6.07, 6.45) is 0. The molecule has 82 valence electrons. The minimum Gasteiger partial charge on any atom is -0.326 e. The number of rotatable bonds is 3.